The molecule has 0 spiro atoms. The molecule has 1 saturated heterocycles. The van der Waals surface area contributed by atoms with Crippen LogP contribution in [0.3, 0.4) is 0 Å². The highest BCUT2D eigenvalue weighted by Crippen LogP contribution is 2.38. The average Bonchev–Trinajstić information content (AvgIpc) is 3.73. The lowest BCUT2D eigenvalue weighted by molar-refractivity contribution is -0.140. The van der Waals surface area contributed by atoms with E-state index >= 15 is 0 Å². The van der Waals surface area contributed by atoms with Crippen LogP contribution in [0.5, 0.6) is 11.5 Å². The minimum atomic E-state index is -0.918. The number of nitrogens with one attached hydrogen (secondary N) is 1. The largest absolute Gasteiger partial charge is 0.508 e. The van der Waals surface area contributed by atoms with Crippen LogP contribution < -0.4 is 10.1 Å². The Morgan fingerprint density at radius 2 is 1.78 bits per heavy atom. The molecule has 0 unspecified atom stereocenters. The number of rotatable bonds is 10. The minimum absolute atomic E-state index is 0.0411. The number of halogens is 1. The third kappa shape index (κ3) is 8.98. The standard InChI is InChI=1S/C37H45FN4O7S/c1-22(41(5)36(47)49-37(2,3)4)33(45)40-31(23-10-7-6-8-11-23)35(46)42-20-28(48-27-13-9-12-26(43)18-27)19-30(42)34-39-29(21-50-34)32(44)24-14-16-25(38)17-15-24/h9,12-18,21-23,28,30-31,43H,6-8,10-11,19-20H2,1-5H3,(H,40,45)/t22-,28-,30-,31-/m0/s1. The number of carbonyl (C=O) groups is 4. The van der Waals surface area contributed by atoms with E-state index in [2.05, 4.69) is 10.3 Å². The summed E-state index contributed by atoms with van der Waals surface area (Å²) in [6.07, 6.45) is 3.61. The lowest BCUT2D eigenvalue weighted by Crippen LogP contribution is -2.57. The summed E-state index contributed by atoms with van der Waals surface area (Å²) in [5.41, 5.74) is -0.278. The third-order valence-corrected chi connectivity index (χ3v) is 10.1. The summed E-state index contributed by atoms with van der Waals surface area (Å²) >= 11 is 1.24. The fourth-order valence-electron chi connectivity index (χ4n) is 6.37. The molecule has 0 radical (unpaired) electrons. The number of ketones is 1. The summed E-state index contributed by atoms with van der Waals surface area (Å²) < 4.78 is 25.2. The Bertz CT molecular complexity index is 1690. The van der Waals surface area contributed by atoms with Gasteiger partial charge in [-0.05, 0) is 82.9 Å². The summed E-state index contributed by atoms with van der Waals surface area (Å²) in [7, 11) is 1.49. The van der Waals surface area contributed by atoms with Crippen LogP contribution in [-0.2, 0) is 14.3 Å². The van der Waals surface area contributed by atoms with Gasteiger partial charge < -0.3 is 24.8 Å². The number of aromatic hydroxyl groups is 1. The fourth-order valence-corrected chi connectivity index (χ4v) is 7.30. The second kappa shape index (κ2) is 15.6. The topological polar surface area (TPSA) is 138 Å². The number of thiazole rings is 1. The molecule has 2 aromatic carbocycles. The number of amides is 3. The molecule has 3 amide bonds. The Balaban J connectivity index is 1.42. The Hall–Kier alpha value is -4.52. The van der Waals surface area contributed by atoms with Crippen LogP contribution in [0.25, 0.3) is 0 Å². The molecule has 0 bridgehead atoms. The van der Waals surface area contributed by atoms with Crippen LogP contribution in [0.1, 0.15) is 93.3 Å². The number of nitrogens with zero attached hydrogens (tertiary/aromatic N) is 3. The Morgan fingerprint density at radius 3 is 2.44 bits per heavy atom. The van der Waals surface area contributed by atoms with E-state index in [9.17, 15) is 28.7 Å². The Kier molecular flexibility index (Phi) is 11.4. The van der Waals surface area contributed by atoms with Crippen molar-refractivity contribution in [3.05, 3.63) is 76.0 Å². The number of benzene rings is 2. The molecular weight excluding hydrogens is 663 g/mol. The van der Waals surface area contributed by atoms with E-state index in [0.29, 0.717) is 22.7 Å². The predicted molar refractivity (Wildman–Crippen MR) is 186 cm³/mol. The average molecular weight is 709 g/mol. The van der Waals surface area contributed by atoms with Crippen molar-refractivity contribution >= 4 is 35.0 Å². The number of hydrogen-bond donors (Lipinski definition) is 2. The van der Waals surface area contributed by atoms with E-state index in [1.54, 1.807) is 50.1 Å². The van der Waals surface area contributed by atoms with E-state index in [0.717, 1.165) is 32.1 Å². The van der Waals surface area contributed by atoms with Gasteiger partial charge in [-0.15, -0.1) is 11.3 Å². The number of likely N-dealkylation sites (tertiary alicyclic amines) is 1. The van der Waals surface area contributed by atoms with Crippen molar-refractivity contribution < 1.29 is 38.1 Å². The first-order chi connectivity index (χ1) is 23.7. The zero-order valence-electron chi connectivity index (χ0n) is 29.1. The van der Waals surface area contributed by atoms with E-state index in [1.165, 1.54) is 59.7 Å². The zero-order chi connectivity index (χ0) is 36.2. The van der Waals surface area contributed by atoms with Crippen molar-refractivity contribution in [2.75, 3.05) is 13.6 Å². The second-order valence-corrected chi connectivity index (χ2v) is 14.9. The van der Waals surface area contributed by atoms with Crippen LogP contribution >= 0.6 is 11.3 Å². The maximum atomic E-state index is 14.7. The van der Waals surface area contributed by atoms with Gasteiger partial charge in [0.15, 0.2) is 0 Å². The molecule has 1 aliphatic carbocycles. The number of ether oxygens (including phenoxy) is 2. The van der Waals surface area contributed by atoms with Gasteiger partial charge in [0.05, 0.1) is 12.6 Å². The van der Waals surface area contributed by atoms with Gasteiger partial charge in [0.25, 0.3) is 0 Å². The van der Waals surface area contributed by atoms with Gasteiger partial charge in [-0.25, -0.2) is 14.2 Å². The molecule has 1 aromatic heterocycles. The summed E-state index contributed by atoms with van der Waals surface area (Å²) in [5.74, 6) is -1.25. The van der Waals surface area contributed by atoms with Crippen molar-refractivity contribution in [2.45, 2.75) is 96.1 Å². The highest BCUT2D eigenvalue weighted by molar-refractivity contribution is 7.10. The molecule has 50 heavy (non-hydrogen) atoms. The summed E-state index contributed by atoms with van der Waals surface area (Å²) in [5, 5.41) is 15.2. The molecule has 13 heteroatoms. The smallest absolute Gasteiger partial charge is 0.410 e. The maximum absolute atomic E-state index is 14.7. The van der Waals surface area contributed by atoms with Crippen molar-refractivity contribution in [2.24, 2.45) is 5.92 Å². The number of phenolic OH excluding ortho intramolecular Hbond substituents is 1. The van der Waals surface area contributed by atoms with Crippen LogP contribution in [0.4, 0.5) is 9.18 Å². The number of carbonyl (C=O) groups excluding carboxylic acids is 4. The molecule has 2 aliphatic rings. The van der Waals surface area contributed by atoms with Gasteiger partial charge in [0.1, 0.15) is 51.8 Å². The van der Waals surface area contributed by atoms with Gasteiger partial charge in [0.2, 0.25) is 17.6 Å². The van der Waals surface area contributed by atoms with Gasteiger partial charge in [-0.3, -0.25) is 19.3 Å². The number of phenols is 1. The SMILES string of the molecule is C[C@@H](C(=O)N[C@H](C(=O)N1C[C@@H](Oc2cccc(O)c2)C[C@H]1c1nc(C(=O)c2ccc(F)cc2)cs1)C1CCCCC1)N(C)C(=O)OC(C)(C)C. The molecule has 268 valence electrons. The summed E-state index contributed by atoms with van der Waals surface area (Å²) in [4.78, 5) is 61.9. The molecule has 5 rings (SSSR count). The first kappa shape index (κ1) is 36.8. The summed E-state index contributed by atoms with van der Waals surface area (Å²) in [6.45, 7) is 7.00. The van der Waals surface area contributed by atoms with Gasteiger partial charge in [-0.2, -0.15) is 0 Å². The quantitative estimate of drug-likeness (QED) is 0.236. The van der Waals surface area contributed by atoms with Gasteiger partial charge in [0, 0.05) is 30.5 Å². The van der Waals surface area contributed by atoms with Crippen LogP contribution in [-0.4, -0.2) is 81.0 Å². The lowest BCUT2D eigenvalue weighted by atomic mass is 9.83. The van der Waals surface area contributed by atoms with Gasteiger partial charge in [-0.1, -0.05) is 25.3 Å². The molecule has 2 N–H and O–H groups in total. The number of hydrogen-bond acceptors (Lipinski definition) is 9. The fraction of sp³-hybridized carbons (Fsp3) is 0.486. The lowest BCUT2D eigenvalue weighted by Gasteiger charge is -2.36. The molecule has 2 fully saturated rings. The van der Waals surface area contributed by atoms with Gasteiger partial charge >= 0.3 is 6.09 Å². The highest BCUT2D eigenvalue weighted by atomic mass is 32.1. The normalized spacial score (nSPS) is 19.4. The van der Waals surface area contributed by atoms with E-state index in [-0.39, 0.29) is 35.6 Å². The first-order valence-electron chi connectivity index (χ1n) is 17.0. The zero-order valence-corrected chi connectivity index (χ0v) is 29.9. The molecule has 2 heterocycles. The van der Waals surface area contributed by atoms with E-state index in [4.69, 9.17) is 9.47 Å². The Morgan fingerprint density at radius 1 is 1.08 bits per heavy atom. The van der Waals surface area contributed by atoms with E-state index < -0.39 is 47.6 Å². The van der Waals surface area contributed by atoms with Crippen LogP contribution in [0, 0.1) is 11.7 Å². The number of likely N-dealkylation sites (N-methyl/N-ethyl adjacent to an activating group) is 1. The van der Waals surface area contributed by atoms with Crippen molar-refractivity contribution in [3.63, 3.8) is 0 Å². The van der Waals surface area contributed by atoms with Crippen molar-refractivity contribution in [1.82, 2.24) is 20.1 Å². The highest BCUT2D eigenvalue weighted by Gasteiger charge is 2.44. The van der Waals surface area contributed by atoms with Crippen LogP contribution in [0.2, 0.25) is 0 Å². The molecule has 11 nitrogen and oxygen atoms in total. The van der Waals surface area contributed by atoms with Crippen molar-refractivity contribution in [1.29, 1.82) is 0 Å². The van der Waals surface area contributed by atoms with Crippen molar-refractivity contribution in [3.8, 4) is 11.5 Å². The second-order valence-electron chi connectivity index (χ2n) is 14.0. The number of aromatic nitrogens is 1. The molecule has 3 aromatic rings. The molecular formula is C37H45FN4O7S. The molecule has 1 aliphatic heterocycles. The van der Waals surface area contributed by atoms with E-state index in [1.807, 2.05) is 0 Å². The predicted octanol–water partition coefficient (Wildman–Crippen LogP) is 6.26. The molecule has 1 saturated carbocycles. The summed E-state index contributed by atoms with van der Waals surface area (Å²) in [6, 6.07) is 9.28. The first-order valence-corrected chi connectivity index (χ1v) is 17.9. The third-order valence-electron chi connectivity index (χ3n) is 9.14. The Labute approximate surface area is 295 Å². The maximum Gasteiger partial charge on any atom is 0.410 e. The molecule has 4 atom stereocenters. The minimum Gasteiger partial charge on any atom is -0.508 e. The monoisotopic (exact) mass is 708 g/mol. The van der Waals surface area contributed by atoms with Crippen LogP contribution in [0.15, 0.2) is 53.9 Å².